The summed E-state index contributed by atoms with van der Waals surface area (Å²) >= 11 is 0. The molecule has 0 spiro atoms. The van der Waals surface area contributed by atoms with Crippen molar-refractivity contribution in [3.05, 3.63) is 0 Å². The highest BCUT2D eigenvalue weighted by Gasteiger charge is 2.38. The Morgan fingerprint density at radius 1 is 1.53 bits per heavy atom. The first-order valence-corrected chi connectivity index (χ1v) is 5.31. The topological polar surface area (TPSA) is 57.6 Å². The van der Waals surface area contributed by atoms with Crippen molar-refractivity contribution in [3.8, 4) is 0 Å². The van der Waals surface area contributed by atoms with Crippen LogP contribution in [0.4, 0.5) is 0 Å². The van der Waals surface area contributed by atoms with E-state index in [1.807, 2.05) is 20.8 Å². The molecule has 1 aliphatic rings. The number of amides is 1. The van der Waals surface area contributed by atoms with Gasteiger partial charge >= 0.3 is 5.97 Å². The number of nitrogens with zero attached hydrogens (tertiary/aromatic N) is 1. The number of carboxylic acids is 1. The van der Waals surface area contributed by atoms with E-state index in [0.717, 1.165) is 12.8 Å². The van der Waals surface area contributed by atoms with Gasteiger partial charge in [0.2, 0.25) is 6.41 Å². The molecule has 0 radical (unpaired) electrons. The Balaban J connectivity index is 2.71. The first-order valence-electron chi connectivity index (χ1n) is 5.31. The molecule has 0 bridgehead atoms. The summed E-state index contributed by atoms with van der Waals surface area (Å²) in [6, 6.07) is -0.513. The lowest BCUT2D eigenvalue weighted by Gasteiger charge is -2.30. The van der Waals surface area contributed by atoms with Gasteiger partial charge < -0.3 is 10.0 Å². The molecule has 0 aliphatic heterocycles. The molecule has 1 aliphatic carbocycles. The minimum absolute atomic E-state index is 0.0841. The minimum Gasteiger partial charge on any atom is -0.480 e. The van der Waals surface area contributed by atoms with Crippen molar-refractivity contribution in [2.75, 3.05) is 0 Å². The van der Waals surface area contributed by atoms with Crippen molar-refractivity contribution < 1.29 is 14.7 Å². The highest BCUT2D eigenvalue weighted by Crippen LogP contribution is 2.31. The molecule has 0 aromatic heterocycles. The van der Waals surface area contributed by atoms with Gasteiger partial charge in [-0.25, -0.2) is 4.79 Å². The van der Waals surface area contributed by atoms with E-state index >= 15 is 0 Å². The Labute approximate surface area is 90.3 Å². The zero-order valence-corrected chi connectivity index (χ0v) is 9.56. The van der Waals surface area contributed by atoms with Gasteiger partial charge in [0.1, 0.15) is 6.04 Å². The molecule has 1 atom stereocenters. The Bertz CT molecular complexity index is 253. The van der Waals surface area contributed by atoms with Crippen LogP contribution in [0.3, 0.4) is 0 Å². The number of rotatable bonds is 5. The lowest BCUT2D eigenvalue weighted by atomic mass is 9.87. The first-order chi connectivity index (χ1) is 6.85. The average Bonchev–Trinajstić information content (AvgIpc) is 2.85. The summed E-state index contributed by atoms with van der Waals surface area (Å²) in [4.78, 5) is 23.5. The fourth-order valence-corrected chi connectivity index (χ4v) is 1.69. The Morgan fingerprint density at radius 2 is 2.07 bits per heavy atom. The Morgan fingerprint density at radius 3 is 2.33 bits per heavy atom. The smallest absolute Gasteiger partial charge is 0.326 e. The standard InChI is InChI=1S/C11H19NO3/c1-11(2,3)6-9(10(14)15)12(7-13)8-4-5-8/h7-9H,4-6H2,1-3H3,(H,14,15). The Kier molecular flexibility index (Phi) is 3.37. The second-order valence-corrected chi connectivity index (χ2v) is 5.40. The molecule has 1 fully saturated rings. The normalized spacial score (nSPS) is 18.3. The van der Waals surface area contributed by atoms with Crippen LogP contribution in [0.2, 0.25) is 0 Å². The predicted molar refractivity (Wildman–Crippen MR) is 56.4 cm³/mol. The second-order valence-electron chi connectivity index (χ2n) is 5.40. The Hall–Kier alpha value is -1.06. The van der Waals surface area contributed by atoms with Gasteiger partial charge in [0, 0.05) is 6.04 Å². The van der Waals surface area contributed by atoms with Crippen molar-refractivity contribution in [1.29, 1.82) is 0 Å². The molecule has 1 N–H and O–H groups in total. The van der Waals surface area contributed by atoms with Crippen LogP contribution in [-0.4, -0.2) is 34.5 Å². The summed E-state index contributed by atoms with van der Waals surface area (Å²) < 4.78 is 0. The summed E-state index contributed by atoms with van der Waals surface area (Å²) in [5, 5.41) is 9.11. The molecule has 0 aromatic rings. The lowest BCUT2D eigenvalue weighted by Crippen LogP contribution is -2.44. The summed E-state index contributed by atoms with van der Waals surface area (Å²) in [5.41, 5.74) is -0.0841. The number of carboxylic acid groups (broad SMARTS) is 1. The van der Waals surface area contributed by atoms with Crippen LogP contribution in [-0.2, 0) is 9.59 Å². The summed E-state index contributed by atoms with van der Waals surface area (Å²) in [5.74, 6) is -0.899. The third kappa shape index (κ3) is 3.53. The van der Waals surface area contributed by atoms with Crippen molar-refractivity contribution in [1.82, 2.24) is 4.90 Å². The SMILES string of the molecule is CC(C)(C)CC(C(=O)O)N(C=O)C1CC1. The molecule has 4 nitrogen and oxygen atoms in total. The van der Waals surface area contributed by atoms with Crippen LogP contribution in [0.25, 0.3) is 0 Å². The number of aliphatic carboxylic acids is 1. The van der Waals surface area contributed by atoms with E-state index in [1.165, 1.54) is 4.90 Å². The molecule has 1 amide bonds. The molecular weight excluding hydrogens is 194 g/mol. The molecule has 1 saturated carbocycles. The summed E-state index contributed by atoms with van der Waals surface area (Å²) in [6.45, 7) is 5.95. The van der Waals surface area contributed by atoms with Gasteiger partial charge in [0.25, 0.3) is 0 Å². The molecule has 15 heavy (non-hydrogen) atoms. The zero-order chi connectivity index (χ0) is 11.6. The van der Waals surface area contributed by atoms with E-state index in [1.54, 1.807) is 0 Å². The zero-order valence-electron chi connectivity index (χ0n) is 9.56. The van der Waals surface area contributed by atoms with Crippen LogP contribution in [0, 0.1) is 5.41 Å². The van der Waals surface area contributed by atoms with Crippen LogP contribution < -0.4 is 0 Å². The fraction of sp³-hybridized carbons (Fsp3) is 0.818. The van der Waals surface area contributed by atoms with Gasteiger partial charge in [-0.15, -0.1) is 0 Å². The van der Waals surface area contributed by atoms with Crippen LogP contribution in [0.1, 0.15) is 40.0 Å². The highest BCUT2D eigenvalue weighted by atomic mass is 16.4. The van der Waals surface area contributed by atoms with Gasteiger partial charge in [-0.2, -0.15) is 0 Å². The van der Waals surface area contributed by atoms with Gasteiger partial charge in [-0.1, -0.05) is 20.8 Å². The average molecular weight is 213 g/mol. The number of carbonyl (C=O) groups excluding carboxylic acids is 1. The second kappa shape index (κ2) is 4.21. The van der Waals surface area contributed by atoms with E-state index < -0.39 is 12.0 Å². The number of carbonyl (C=O) groups is 2. The molecule has 0 aromatic carbocycles. The first kappa shape index (κ1) is 12.0. The van der Waals surface area contributed by atoms with E-state index in [9.17, 15) is 9.59 Å². The number of hydrogen-bond acceptors (Lipinski definition) is 2. The molecule has 4 heteroatoms. The monoisotopic (exact) mass is 213 g/mol. The summed E-state index contributed by atoms with van der Waals surface area (Å²) in [6.07, 6.45) is 3.05. The molecule has 0 heterocycles. The van der Waals surface area contributed by atoms with E-state index in [0.29, 0.717) is 12.8 Å². The van der Waals surface area contributed by atoms with Crippen LogP contribution in [0.15, 0.2) is 0 Å². The van der Waals surface area contributed by atoms with Crippen molar-refractivity contribution >= 4 is 12.4 Å². The van der Waals surface area contributed by atoms with E-state index in [4.69, 9.17) is 5.11 Å². The predicted octanol–water partition coefficient (Wildman–Crippen LogP) is 1.50. The van der Waals surface area contributed by atoms with Gasteiger partial charge in [0.05, 0.1) is 0 Å². The molecule has 1 rings (SSSR count). The summed E-state index contributed by atoms with van der Waals surface area (Å²) in [7, 11) is 0. The van der Waals surface area contributed by atoms with E-state index in [2.05, 4.69) is 0 Å². The van der Waals surface area contributed by atoms with Gasteiger partial charge in [-0.3, -0.25) is 4.79 Å². The van der Waals surface area contributed by atoms with Gasteiger partial charge in [-0.05, 0) is 24.7 Å². The number of hydrogen-bond donors (Lipinski definition) is 1. The maximum absolute atomic E-state index is 11.1. The largest absolute Gasteiger partial charge is 0.480 e. The van der Waals surface area contributed by atoms with E-state index in [-0.39, 0.29) is 11.5 Å². The third-order valence-corrected chi connectivity index (χ3v) is 2.54. The van der Waals surface area contributed by atoms with Gasteiger partial charge in [0.15, 0.2) is 0 Å². The van der Waals surface area contributed by atoms with Crippen molar-refractivity contribution in [2.45, 2.75) is 52.1 Å². The molecule has 1 unspecified atom stereocenters. The van der Waals surface area contributed by atoms with Crippen LogP contribution >= 0.6 is 0 Å². The highest BCUT2D eigenvalue weighted by molar-refractivity contribution is 5.76. The van der Waals surface area contributed by atoms with Crippen molar-refractivity contribution in [3.63, 3.8) is 0 Å². The fourth-order valence-electron chi connectivity index (χ4n) is 1.69. The molecule has 0 saturated heterocycles. The third-order valence-electron chi connectivity index (χ3n) is 2.54. The maximum Gasteiger partial charge on any atom is 0.326 e. The molecular formula is C11H19NO3. The quantitative estimate of drug-likeness (QED) is 0.704. The van der Waals surface area contributed by atoms with Crippen molar-refractivity contribution in [2.24, 2.45) is 5.41 Å². The minimum atomic E-state index is -0.899. The van der Waals surface area contributed by atoms with Crippen LogP contribution in [0.5, 0.6) is 0 Å². The maximum atomic E-state index is 11.1. The molecule has 86 valence electrons. The lowest BCUT2D eigenvalue weighted by molar-refractivity contribution is -0.148.